The van der Waals surface area contributed by atoms with Crippen molar-refractivity contribution in [1.29, 1.82) is 0 Å². The highest BCUT2D eigenvalue weighted by molar-refractivity contribution is 7.23. The van der Waals surface area contributed by atoms with Crippen LogP contribution in [0.1, 0.15) is 5.56 Å². The maximum absolute atomic E-state index is 11.2. The molecule has 0 bridgehead atoms. The van der Waals surface area contributed by atoms with Crippen LogP contribution in [0.3, 0.4) is 0 Å². The number of aromatic nitrogens is 2. The molecule has 5 heteroatoms. The van der Waals surface area contributed by atoms with Gasteiger partial charge in [0.25, 0.3) is 0 Å². The van der Waals surface area contributed by atoms with E-state index in [2.05, 4.69) is 9.72 Å². The van der Waals surface area contributed by atoms with Crippen molar-refractivity contribution in [3.63, 3.8) is 0 Å². The number of hydrogen-bond acceptors (Lipinski definition) is 4. The molecule has 1 aromatic carbocycles. The molecule has 0 amide bonds. The molecule has 0 atom stereocenters. The summed E-state index contributed by atoms with van der Waals surface area (Å²) in [6.07, 6.45) is 4.04. The van der Waals surface area contributed by atoms with Gasteiger partial charge in [-0.25, -0.2) is 4.98 Å². The van der Waals surface area contributed by atoms with Crippen LogP contribution in [-0.4, -0.2) is 22.5 Å². The van der Waals surface area contributed by atoms with Gasteiger partial charge in [0.2, 0.25) is 0 Å². The molecule has 0 N–H and O–H groups in total. The smallest absolute Gasteiger partial charge is 0.309 e. The summed E-state index contributed by atoms with van der Waals surface area (Å²) in [4.78, 5) is 16.4. The normalized spacial score (nSPS) is 11.1. The third-order valence-electron chi connectivity index (χ3n) is 2.67. The largest absolute Gasteiger partial charge is 0.469 e. The molecule has 0 aliphatic heterocycles. The van der Waals surface area contributed by atoms with E-state index in [1.165, 1.54) is 7.11 Å². The van der Waals surface area contributed by atoms with Crippen molar-refractivity contribution in [3.8, 4) is 0 Å². The minimum atomic E-state index is -0.217. The molecule has 0 saturated heterocycles. The molecule has 0 spiro atoms. The molecule has 86 valence electrons. The van der Waals surface area contributed by atoms with Crippen LogP contribution >= 0.6 is 11.3 Å². The Labute approximate surface area is 101 Å². The Hall–Kier alpha value is -1.88. The molecule has 0 unspecified atom stereocenters. The summed E-state index contributed by atoms with van der Waals surface area (Å²) in [6.45, 7) is 0. The monoisotopic (exact) mass is 246 g/mol. The maximum Gasteiger partial charge on any atom is 0.309 e. The molecule has 0 aliphatic carbocycles. The molecule has 3 aromatic rings. The van der Waals surface area contributed by atoms with Crippen LogP contribution in [0.4, 0.5) is 0 Å². The van der Waals surface area contributed by atoms with Gasteiger partial charge in [0, 0.05) is 12.4 Å². The SMILES string of the molecule is COC(=O)Cc1ccc2c(c1)sc1nccn12. The number of rotatable bonds is 2. The number of hydrogen-bond donors (Lipinski definition) is 0. The molecular formula is C12H10N2O2S. The lowest BCUT2D eigenvalue weighted by Gasteiger charge is -1.99. The number of ether oxygens (including phenoxy) is 1. The minimum absolute atomic E-state index is 0.217. The summed E-state index contributed by atoms with van der Waals surface area (Å²) in [5.74, 6) is -0.217. The molecule has 17 heavy (non-hydrogen) atoms. The van der Waals surface area contributed by atoms with Crippen LogP contribution in [0.5, 0.6) is 0 Å². The second-order valence-electron chi connectivity index (χ2n) is 3.74. The number of nitrogens with zero attached hydrogens (tertiary/aromatic N) is 2. The topological polar surface area (TPSA) is 43.6 Å². The average molecular weight is 246 g/mol. The number of esters is 1. The lowest BCUT2D eigenvalue weighted by atomic mass is 10.1. The summed E-state index contributed by atoms with van der Waals surface area (Å²) < 4.78 is 7.83. The van der Waals surface area contributed by atoms with Crippen molar-refractivity contribution >= 4 is 32.5 Å². The van der Waals surface area contributed by atoms with Gasteiger partial charge in [0.05, 0.1) is 23.7 Å². The zero-order chi connectivity index (χ0) is 11.8. The van der Waals surface area contributed by atoms with Crippen molar-refractivity contribution in [3.05, 3.63) is 36.2 Å². The number of methoxy groups -OCH3 is 1. The number of imidazole rings is 1. The highest BCUT2D eigenvalue weighted by Gasteiger charge is 2.08. The molecule has 3 rings (SSSR count). The molecular weight excluding hydrogens is 236 g/mol. The molecule has 2 heterocycles. The van der Waals surface area contributed by atoms with Crippen molar-refractivity contribution in [2.75, 3.05) is 7.11 Å². The Morgan fingerprint density at radius 2 is 2.41 bits per heavy atom. The number of thiazole rings is 1. The maximum atomic E-state index is 11.2. The second-order valence-corrected chi connectivity index (χ2v) is 4.75. The van der Waals surface area contributed by atoms with Gasteiger partial charge in [-0.3, -0.25) is 9.20 Å². The molecule has 0 radical (unpaired) electrons. The first-order valence-electron chi connectivity index (χ1n) is 5.19. The fourth-order valence-electron chi connectivity index (χ4n) is 1.84. The number of carbonyl (C=O) groups excluding carboxylic acids is 1. The van der Waals surface area contributed by atoms with Crippen molar-refractivity contribution in [2.45, 2.75) is 6.42 Å². The van der Waals surface area contributed by atoms with E-state index in [0.29, 0.717) is 6.42 Å². The van der Waals surface area contributed by atoms with E-state index in [1.807, 2.05) is 28.8 Å². The van der Waals surface area contributed by atoms with E-state index < -0.39 is 0 Å². The van der Waals surface area contributed by atoms with Crippen LogP contribution in [0.2, 0.25) is 0 Å². The zero-order valence-electron chi connectivity index (χ0n) is 9.21. The fraction of sp³-hybridized carbons (Fsp3) is 0.167. The molecule has 4 nitrogen and oxygen atoms in total. The molecule has 0 saturated carbocycles. The number of fused-ring (bicyclic) bond motifs is 3. The zero-order valence-corrected chi connectivity index (χ0v) is 10.0. The van der Waals surface area contributed by atoms with Crippen molar-refractivity contribution in [1.82, 2.24) is 9.38 Å². The minimum Gasteiger partial charge on any atom is -0.469 e. The highest BCUT2D eigenvalue weighted by Crippen LogP contribution is 2.26. The first-order valence-corrected chi connectivity index (χ1v) is 6.01. The van der Waals surface area contributed by atoms with Gasteiger partial charge in [-0.05, 0) is 17.7 Å². The summed E-state index contributed by atoms with van der Waals surface area (Å²) in [5.41, 5.74) is 2.09. The van der Waals surface area contributed by atoms with E-state index in [1.54, 1.807) is 17.5 Å². The standard InChI is InChI=1S/C12H10N2O2S/c1-16-11(15)7-8-2-3-9-10(6-8)17-12-13-4-5-14(9)12/h2-6H,7H2,1H3. The Balaban J connectivity index is 2.09. The average Bonchev–Trinajstić information content (AvgIpc) is 2.88. The second kappa shape index (κ2) is 3.85. The predicted octanol–water partition coefficient (Wildman–Crippen LogP) is 2.26. The van der Waals surface area contributed by atoms with Gasteiger partial charge in [0.1, 0.15) is 0 Å². The lowest BCUT2D eigenvalue weighted by molar-refractivity contribution is -0.139. The van der Waals surface area contributed by atoms with Crippen molar-refractivity contribution in [2.24, 2.45) is 0 Å². The Morgan fingerprint density at radius 1 is 1.53 bits per heavy atom. The van der Waals surface area contributed by atoms with E-state index in [4.69, 9.17) is 0 Å². The third-order valence-corrected chi connectivity index (χ3v) is 3.70. The Morgan fingerprint density at radius 3 is 3.24 bits per heavy atom. The summed E-state index contributed by atoms with van der Waals surface area (Å²) in [5, 5.41) is 0. The van der Waals surface area contributed by atoms with Gasteiger partial charge < -0.3 is 4.74 Å². The Kier molecular flexibility index (Phi) is 2.33. The van der Waals surface area contributed by atoms with Gasteiger partial charge in [-0.1, -0.05) is 17.4 Å². The van der Waals surface area contributed by atoms with Crippen LogP contribution in [0.15, 0.2) is 30.6 Å². The van der Waals surface area contributed by atoms with Gasteiger partial charge >= 0.3 is 5.97 Å². The van der Waals surface area contributed by atoms with Crippen LogP contribution < -0.4 is 0 Å². The Bertz CT molecular complexity index is 699. The van der Waals surface area contributed by atoms with Crippen LogP contribution in [0.25, 0.3) is 15.2 Å². The predicted molar refractivity (Wildman–Crippen MR) is 66.3 cm³/mol. The summed E-state index contributed by atoms with van der Waals surface area (Å²) in [6, 6.07) is 5.98. The van der Waals surface area contributed by atoms with Gasteiger partial charge in [0.15, 0.2) is 4.96 Å². The van der Waals surface area contributed by atoms with E-state index in [-0.39, 0.29) is 5.97 Å². The quantitative estimate of drug-likeness (QED) is 0.651. The van der Waals surface area contributed by atoms with Gasteiger partial charge in [-0.2, -0.15) is 0 Å². The highest BCUT2D eigenvalue weighted by atomic mass is 32.1. The first-order chi connectivity index (χ1) is 8.28. The number of carbonyl (C=O) groups is 1. The molecule has 0 fully saturated rings. The van der Waals surface area contributed by atoms with E-state index >= 15 is 0 Å². The van der Waals surface area contributed by atoms with Gasteiger partial charge in [-0.15, -0.1) is 0 Å². The van der Waals surface area contributed by atoms with Crippen LogP contribution in [0, 0.1) is 0 Å². The lowest BCUT2D eigenvalue weighted by Crippen LogP contribution is -2.03. The summed E-state index contributed by atoms with van der Waals surface area (Å²) in [7, 11) is 1.40. The number of benzene rings is 1. The fourth-order valence-corrected chi connectivity index (χ4v) is 2.88. The molecule has 0 aliphatic rings. The molecule has 2 aromatic heterocycles. The summed E-state index contributed by atoms with van der Waals surface area (Å²) >= 11 is 1.62. The van der Waals surface area contributed by atoms with Crippen LogP contribution in [-0.2, 0) is 16.0 Å². The van der Waals surface area contributed by atoms with Crippen molar-refractivity contribution < 1.29 is 9.53 Å². The third kappa shape index (κ3) is 1.68. The first kappa shape index (κ1) is 10.3. The van der Waals surface area contributed by atoms with E-state index in [9.17, 15) is 4.79 Å². The van der Waals surface area contributed by atoms with E-state index in [0.717, 1.165) is 20.7 Å².